The predicted molar refractivity (Wildman–Crippen MR) is 65.0 cm³/mol. The van der Waals surface area contributed by atoms with Crippen molar-refractivity contribution in [3.8, 4) is 0 Å². The maximum Gasteiger partial charge on any atom is 0.240 e. The van der Waals surface area contributed by atoms with Gasteiger partial charge < -0.3 is 5.11 Å². The molecule has 0 bridgehead atoms. The van der Waals surface area contributed by atoms with Crippen LogP contribution in [0.15, 0.2) is 35.2 Å². The van der Waals surface area contributed by atoms with Crippen molar-refractivity contribution in [3.05, 3.63) is 30.3 Å². The molecule has 2 atom stereocenters. The molecule has 4 nitrogen and oxygen atoms in total. The first-order chi connectivity index (χ1) is 8.13. The van der Waals surface area contributed by atoms with Crippen LogP contribution in [0.5, 0.6) is 0 Å². The van der Waals surface area contributed by atoms with Gasteiger partial charge in [0.05, 0.1) is 4.90 Å². The third kappa shape index (κ3) is 2.86. The van der Waals surface area contributed by atoms with Gasteiger partial charge in [-0.2, -0.15) is 0 Å². The van der Waals surface area contributed by atoms with Crippen LogP contribution in [0.4, 0.5) is 0 Å². The van der Waals surface area contributed by atoms with Crippen LogP contribution in [-0.4, -0.2) is 26.2 Å². The lowest BCUT2D eigenvalue weighted by Gasteiger charge is -2.18. The molecule has 1 aromatic rings. The molecule has 5 heteroatoms. The van der Waals surface area contributed by atoms with Crippen molar-refractivity contribution in [2.75, 3.05) is 6.61 Å². The van der Waals surface area contributed by atoms with E-state index in [1.54, 1.807) is 30.3 Å². The molecule has 1 aliphatic rings. The van der Waals surface area contributed by atoms with E-state index in [2.05, 4.69) is 4.72 Å². The largest absolute Gasteiger partial charge is 0.396 e. The average molecular weight is 255 g/mol. The van der Waals surface area contributed by atoms with Gasteiger partial charge in [0.25, 0.3) is 0 Å². The van der Waals surface area contributed by atoms with Gasteiger partial charge in [-0.3, -0.25) is 0 Å². The third-order valence-corrected chi connectivity index (χ3v) is 4.76. The van der Waals surface area contributed by atoms with Gasteiger partial charge in [0.1, 0.15) is 0 Å². The number of sulfonamides is 1. The van der Waals surface area contributed by atoms with Crippen LogP contribution in [0.1, 0.15) is 19.3 Å². The van der Waals surface area contributed by atoms with Crippen molar-refractivity contribution in [2.24, 2.45) is 5.92 Å². The third-order valence-electron chi connectivity index (χ3n) is 3.25. The Balaban J connectivity index is 2.13. The maximum atomic E-state index is 12.1. The van der Waals surface area contributed by atoms with Gasteiger partial charge in [-0.05, 0) is 30.9 Å². The van der Waals surface area contributed by atoms with Crippen molar-refractivity contribution in [1.29, 1.82) is 0 Å². The van der Waals surface area contributed by atoms with Gasteiger partial charge in [0.15, 0.2) is 0 Å². The quantitative estimate of drug-likeness (QED) is 0.847. The summed E-state index contributed by atoms with van der Waals surface area (Å²) in [6, 6.07) is 8.20. The minimum absolute atomic E-state index is 0.0436. The second kappa shape index (κ2) is 5.16. The standard InChI is InChI=1S/C12H17NO3S/c14-9-10-5-4-8-12(10)13-17(15,16)11-6-2-1-3-7-11/h1-3,6-7,10,12-14H,4-5,8-9H2/t10-,12+/m0/s1. The summed E-state index contributed by atoms with van der Waals surface area (Å²) in [5.74, 6) is 0.0495. The summed E-state index contributed by atoms with van der Waals surface area (Å²) in [4.78, 5) is 0.281. The first-order valence-corrected chi connectivity index (χ1v) is 7.30. The Hall–Kier alpha value is -0.910. The molecular formula is C12H17NO3S. The summed E-state index contributed by atoms with van der Waals surface area (Å²) >= 11 is 0. The first-order valence-electron chi connectivity index (χ1n) is 5.82. The molecule has 0 aliphatic heterocycles. The SMILES string of the molecule is O=S(=O)(N[C@@H]1CCC[C@H]1CO)c1ccccc1. The molecule has 0 unspecified atom stereocenters. The summed E-state index contributed by atoms with van der Waals surface area (Å²) in [5.41, 5.74) is 0. The Morgan fingerprint density at radius 1 is 1.24 bits per heavy atom. The number of rotatable bonds is 4. The van der Waals surface area contributed by atoms with Crippen molar-refractivity contribution in [2.45, 2.75) is 30.2 Å². The fourth-order valence-corrected chi connectivity index (χ4v) is 3.64. The molecule has 0 amide bonds. The molecule has 0 saturated heterocycles. The van der Waals surface area contributed by atoms with Gasteiger partial charge in [0, 0.05) is 12.6 Å². The van der Waals surface area contributed by atoms with E-state index in [0.717, 1.165) is 19.3 Å². The normalized spacial score (nSPS) is 25.0. The van der Waals surface area contributed by atoms with E-state index in [9.17, 15) is 8.42 Å². The van der Waals surface area contributed by atoms with Crippen LogP contribution in [0, 0.1) is 5.92 Å². The van der Waals surface area contributed by atoms with Crippen molar-refractivity contribution < 1.29 is 13.5 Å². The zero-order valence-corrected chi connectivity index (χ0v) is 10.4. The Bertz CT molecular complexity index is 458. The summed E-state index contributed by atoms with van der Waals surface area (Å²) in [7, 11) is -3.45. The molecule has 0 heterocycles. The van der Waals surface area contributed by atoms with E-state index < -0.39 is 10.0 Å². The summed E-state index contributed by atoms with van der Waals surface area (Å²) < 4.78 is 26.8. The number of aliphatic hydroxyl groups is 1. The zero-order valence-electron chi connectivity index (χ0n) is 9.54. The Morgan fingerprint density at radius 3 is 2.59 bits per heavy atom. The fourth-order valence-electron chi connectivity index (χ4n) is 2.28. The van der Waals surface area contributed by atoms with Crippen LogP contribution in [-0.2, 0) is 10.0 Å². The molecule has 1 fully saturated rings. The van der Waals surface area contributed by atoms with E-state index in [-0.39, 0.29) is 23.5 Å². The Kier molecular flexibility index (Phi) is 3.81. The second-order valence-electron chi connectivity index (χ2n) is 4.41. The van der Waals surface area contributed by atoms with Gasteiger partial charge >= 0.3 is 0 Å². The Labute approximate surface area is 102 Å². The molecule has 17 heavy (non-hydrogen) atoms. The molecule has 2 rings (SSSR count). The van der Waals surface area contributed by atoms with E-state index in [1.807, 2.05) is 0 Å². The van der Waals surface area contributed by atoms with Crippen molar-refractivity contribution >= 4 is 10.0 Å². The van der Waals surface area contributed by atoms with Crippen LogP contribution < -0.4 is 4.72 Å². The molecule has 1 aromatic carbocycles. The van der Waals surface area contributed by atoms with E-state index in [4.69, 9.17) is 5.11 Å². The van der Waals surface area contributed by atoms with Gasteiger partial charge in [-0.1, -0.05) is 24.6 Å². The summed E-state index contributed by atoms with van der Waals surface area (Å²) in [6.45, 7) is 0.0436. The van der Waals surface area contributed by atoms with Crippen LogP contribution >= 0.6 is 0 Å². The molecule has 94 valence electrons. The number of nitrogens with one attached hydrogen (secondary N) is 1. The number of aliphatic hydroxyl groups excluding tert-OH is 1. The molecule has 0 spiro atoms. The van der Waals surface area contributed by atoms with Crippen LogP contribution in [0.3, 0.4) is 0 Å². The molecular weight excluding hydrogens is 238 g/mol. The zero-order chi connectivity index (χ0) is 12.3. The van der Waals surface area contributed by atoms with Gasteiger partial charge in [-0.15, -0.1) is 0 Å². The Morgan fingerprint density at radius 2 is 1.94 bits per heavy atom. The van der Waals surface area contributed by atoms with Crippen molar-refractivity contribution in [3.63, 3.8) is 0 Å². The highest BCUT2D eigenvalue weighted by atomic mass is 32.2. The predicted octanol–water partition coefficient (Wildman–Crippen LogP) is 1.13. The fraction of sp³-hybridized carbons (Fsp3) is 0.500. The highest BCUT2D eigenvalue weighted by molar-refractivity contribution is 7.89. The van der Waals surface area contributed by atoms with Crippen molar-refractivity contribution in [1.82, 2.24) is 4.72 Å². The molecule has 2 N–H and O–H groups in total. The van der Waals surface area contributed by atoms with Gasteiger partial charge in [-0.25, -0.2) is 13.1 Å². The van der Waals surface area contributed by atoms with E-state index >= 15 is 0 Å². The monoisotopic (exact) mass is 255 g/mol. The second-order valence-corrected chi connectivity index (χ2v) is 6.13. The molecule has 0 aromatic heterocycles. The lowest BCUT2D eigenvalue weighted by Crippen LogP contribution is -2.38. The summed E-state index contributed by atoms with van der Waals surface area (Å²) in [6.07, 6.45) is 2.66. The average Bonchev–Trinajstić information content (AvgIpc) is 2.77. The lowest BCUT2D eigenvalue weighted by atomic mass is 10.1. The molecule has 1 saturated carbocycles. The summed E-state index contributed by atoms with van der Waals surface area (Å²) in [5, 5.41) is 9.17. The van der Waals surface area contributed by atoms with E-state index in [0.29, 0.717) is 0 Å². The minimum atomic E-state index is -3.45. The van der Waals surface area contributed by atoms with Crippen LogP contribution in [0.2, 0.25) is 0 Å². The topological polar surface area (TPSA) is 66.4 Å². The smallest absolute Gasteiger partial charge is 0.240 e. The number of hydrogen-bond acceptors (Lipinski definition) is 3. The molecule has 0 radical (unpaired) electrons. The number of hydrogen-bond donors (Lipinski definition) is 2. The minimum Gasteiger partial charge on any atom is -0.396 e. The first kappa shape index (κ1) is 12.5. The van der Waals surface area contributed by atoms with Crippen LogP contribution in [0.25, 0.3) is 0 Å². The maximum absolute atomic E-state index is 12.1. The highest BCUT2D eigenvalue weighted by Gasteiger charge is 2.30. The van der Waals surface area contributed by atoms with E-state index in [1.165, 1.54) is 0 Å². The highest BCUT2D eigenvalue weighted by Crippen LogP contribution is 2.26. The lowest BCUT2D eigenvalue weighted by molar-refractivity contribution is 0.213. The molecule has 1 aliphatic carbocycles. The van der Waals surface area contributed by atoms with Gasteiger partial charge in [0.2, 0.25) is 10.0 Å². The number of benzene rings is 1.